The quantitative estimate of drug-likeness (QED) is 0.553. The molecule has 37 heavy (non-hydrogen) atoms. The number of nitrogens with zero attached hydrogens (tertiary/aromatic N) is 3. The number of benzene rings is 2. The molecule has 0 aromatic heterocycles. The predicted molar refractivity (Wildman–Crippen MR) is 130 cm³/mol. The number of alkyl halides is 3. The van der Waals surface area contributed by atoms with Crippen LogP contribution in [0.1, 0.15) is 36.0 Å². The van der Waals surface area contributed by atoms with E-state index in [4.69, 9.17) is 0 Å². The van der Waals surface area contributed by atoms with Crippen LogP contribution in [0.5, 0.6) is 0 Å². The molecular weight excluding hydrogens is 486 g/mol. The number of nitriles is 1. The van der Waals surface area contributed by atoms with Gasteiger partial charge in [-0.2, -0.15) is 18.4 Å². The molecule has 2 saturated carbocycles. The molecule has 1 saturated heterocycles. The Morgan fingerprint density at radius 3 is 2.70 bits per heavy atom. The van der Waals surface area contributed by atoms with Gasteiger partial charge in [0, 0.05) is 56.4 Å². The van der Waals surface area contributed by atoms with E-state index in [2.05, 4.69) is 21.6 Å². The van der Waals surface area contributed by atoms with Crippen molar-refractivity contribution in [2.45, 2.75) is 36.9 Å². The first-order valence-corrected chi connectivity index (χ1v) is 12.6. The van der Waals surface area contributed by atoms with Crippen molar-refractivity contribution in [3.8, 4) is 6.07 Å². The first-order valence-electron chi connectivity index (χ1n) is 12.6. The Morgan fingerprint density at radius 2 is 2.00 bits per heavy atom. The molecule has 3 fully saturated rings. The largest absolute Gasteiger partial charge is 0.419 e. The fourth-order valence-corrected chi connectivity index (χ4v) is 6.10. The first kappa shape index (κ1) is 25.5. The molecule has 1 aliphatic heterocycles. The molecule has 3 aliphatic rings. The molecule has 0 unspecified atom stereocenters. The normalized spacial score (nSPS) is 25.3. The van der Waals surface area contributed by atoms with E-state index < -0.39 is 23.6 Å². The van der Waals surface area contributed by atoms with Gasteiger partial charge in [-0.15, -0.1) is 0 Å². The second-order valence-corrected chi connectivity index (χ2v) is 10.2. The Hall–Kier alpha value is -3.16. The lowest BCUT2D eigenvalue weighted by Gasteiger charge is -2.34. The molecule has 2 aromatic carbocycles. The van der Waals surface area contributed by atoms with Crippen molar-refractivity contribution in [1.29, 1.82) is 5.26 Å². The summed E-state index contributed by atoms with van der Waals surface area (Å²) in [6.07, 6.45) is -2.31. The number of fused-ring (bicyclic) bond motifs is 1. The third kappa shape index (κ3) is 5.15. The van der Waals surface area contributed by atoms with E-state index in [0.29, 0.717) is 24.7 Å². The van der Waals surface area contributed by atoms with Crippen molar-refractivity contribution >= 4 is 11.7 Å². The molecule has 2 aromatic rings. The highest BCUT2D eigenvalue weighted by atomic mass is 19.4. The summed E-state index contributed by atoms with van der Waals surface area (Å²) in [6.45, 7) is 4.56. The molecule has 196 valence electrons. The van der Waals surface area contributed by atoms with E-state index in [1.54, 1.807) is 11.0 Å². The zero-order valence-electron chi connectivity index (χ0n) is 20.3. The SMILES string of the molecule is N#Cc1cccc([C@]23CC[C@@H](N(CCN4CCNCC4)C(=O)Nc4ccc(F)c(C(F)(F)F)c4)[C@H]2C3)c1. The molecular formula is C27H29F4N5O. The number of anilines is 1. The Kier molecular flexibility index (Phi) is 6.86. The maximum absolute atomic E-state index is 13.8. The Labute approximate surface area is 213 Å². The summed E-state index contributed by atoms with van der Waals surface area (Å²) in [6, 6.07) is 11.8. The topological polar surface area (TPSA) is 71.4 Å². The van der Waals surface area contributed by atoms with Gasteiger partial charge in [0.25, 0.3) is 0 Å². The molecule has 2 aliphatic carbocycles. The van der Waals surface area contributed by atoms with Gasteiger partial charge in [-0.1, -0.05) is 12.1 Å². The van der Waals surface area contributed by atoms with E-state index in [-0.39, 0.29) is 23.1 Å². The molecule has 0 spiro atoms. The number of halogens is 4. The first-order chi connectivity index (χ1) is 17.7. The van der Waals surface area contributed by atoms with E-state index in [1.165, 1.54) is 0 Å². The van der Waals surface area contributed by atoms with Gasteiger partial charge in [0.15, 0.2) is 0 Å². The maximum atomic E-state index is 13.8. The van der Waals surface area contributed by atoms with Crippen molar-refractivity contribution in [1.82, 2.24) is 15.1 Å². The third-order valence-corrected chi connectivity index (χ3v) is 8.10. The van der Waals surface area contributed by atoms with Gasteiger partial charge in [0.05, 0.1) is 17.2 Å². The molecule has 10 heteroatoms. The van der Waals surface area contributed by atoms with E-state index in [9.17, 15) is 27.6 Å². The van der Waals surface area contributed by atoms with Gasteiger partial charge in [-0.3, -0.25) is 4.90 Å². The van der Waals surface area contributed by atoms with Crippen LogP contribution in [-0.2, 0) is 11.6 Å². The van der Waals surface area contributed by atoms with Gasteiger partial charge >= 0.3 is 12.2 Å². The molecule has 6 nitrogen and oxygen atoms in total. The summed E-state index contributed by atoms with van der Waals surface area (Å²) in [4.78, 5) is 17.5. The van der Waals surface area contributed by atoms with Crippen molar-refractivity contribution in [2.24, 2.45) is 5.92 Å². The third-order valence-electron chi connectivity index (χ3n) is 8.10. The lowest BCUT2D eigenvalue weighted by Crippen LogP contribution is -2.50. The predicted octanol–water partition coefficient (Wildman–Crippen LogP) is 4.58. The van der Waals surface area contributed by atoms with Gasteiger partial charge in [0.1, 0.15) is 5.82 Å². The van der Waals surface area contributed by atoms with Crippen LogP contribution in [0.15, 0.2) is 42.5 Å². The second-order valence-electron chi connectivity index (χ2n) is 10.2. The number of nitrogens with one attached hydrogen (secondary N) is 2. The van der Waals surface area contributed by atoms with Crippen LogP contribution in [0.4, 0.5) is 28.0 Å². The molecule has 5 rings (SSSR count). The summed E-state index contributed by atoms with van der Waals surface area (Å²) in [7, 11) is 0. The van der Waals surface area contributed by atoms with Crippen molar-refractivity contribution < 1.29 is 22.4 Å². The standard InChI is InChI=1S/C27H29F4N5O/c28-23-5-4-20(15-21(23)27(29,30)31)34-25(37)36(13-12-35-10-8-33-9-11-35)24-6-7-26(16-22(24)26)19-3-1-2-18(14-19)17-32/h1-5,14-15,22,24,33H,6-13,16H2,(H,34,37)/t22-,24-,26-/m1/s1. The van der Waals surface area contributed by atoms with Crippen LogP contribution < -0.4 is 10.6 Å². The smallest absolute Gasteiger partial charge is 0.320 e. The van der Waals surface area contributed by atoms with Gasteiger partial charge in [-0.25, -0.2) is 9.18 Å². The van der Waals surface area contributed by atoms with Crippen LogP contribution in [-0.4, -0.2) is 61.1 Å². The summed E-state index contributed by atoms with van der Waals surface area (Å²) < 4.78 is 53.4. The minimum absolute atomic E-state index is 0.0730. The van der Waals surface area contributed by atoms with Crippen molar-refractivity contribution in [2.75, 3.05) is 44.6 Å². The zero-order valence-corrected chi connectivity index (χ0v) is 20.3. The van der Waals surface area contributed by atoms with Gasteiger partial charge in [0.2, 0.25) is 0 Å². The highest BCUT2D eigenvalue weighted by Gasteiger charge is 2.64. The number of carbonyl (C=O) groups is 1. The fraction of sp³-hybridized carbons (Fsp3) is 0.481. The number of carbonyl (C=O) groups excluding carboxylic acids is 1. The van der Waals surface area contributed by atoms with Crippen LogP contribution in [0, 0.1) is 23.1 Å². The van der Waals surface area contributed by atoms with Gasteiger partial charge in [-0.05, 0) is 61.1 Å². The van der Waals surface area contributed by atoms with Crippen LogP contribution >= 0.6 is 0 Å². The number of piperazine rings is 1. The highest BCUT2D eigenvalue weighted by Crippen LogP contribution is 2.65. The fourth-order valence-electron chi connectivity index (χ4n) is 6.10. The van der Waals surface area contributed by atoms with Gasteiger partial charge < -0.3 is 15.5 Å². The summed E-state index contributed by atoms with van der Waals surface area (Å²) in [5.74, 6) is -1.16. The van der Waals surface area contributed by atoms with E-state index in [1.807, 2.05) is 18.2 Å². The van der Waals surface area contributed by atoms with Crippen molar-refractivity contribution in [3.05, 3.63) is 65.0 Å². The van der Waals surface area contributed by atoms with Crippen LogP contribution in [0.2, 0.25) is 0 Å². The van der Waals surface area contributed by atoms with Crippen LogP contribution in [0.3, 0.4) is 0 Å². The number of urea groups is 1. The highest BCUT2D eigenvalue weighted by molar-refractivity contribution is 5.89. The molecule has 1 heterocycles. The summed E-state index contributed by atoms with van der Waals surface area (Å²) >= 11 is 0. The Bertz CT molecular complexity index is 1210. The average molecular weight is 516 g/mol. The van der Waals surface area contributed by atoms with Crippen molar-refractivity contribution in [3.63, 3.8) is 0 Å². The lowest BCUT2D eigenvalue weighted by atomic mass is 9.92. The monoisotopic (exact) mass is 515 g/mol. The van der Waals surface area contributed by atoms with E-state index >= 15 is 0 Å². The second kappa shape index (κ2) is 9.95. The Balaban J connectivity index is 1.36. The molecule has 3 atom stereocenters. The number of hydrogen-bond acceptors (Lipinski definition) is 4. The molecule has 2 N–H and O–H groups in total. The molecule has 0 radical (unpaired) electrons. The number of amides is 2. The average Bonchev–Trinajstić information content (AvgIpc) is 3.52. The maximum Gasteiger partial charge on any atom is 0.419 e. The number of hydrogen-bond donors (Lipinski definition) is 2. The zero-order chi connectivity index (χ0) is 26.2. The molecule has 2 amide bonds. The lowest BCUT2D eigenvalue weighted by molar-refractivity contribution is -0.139. The number of rotatable bonds is 6. The molecule has 0 bridgehead atoms. The van der Waals surface area contributed by atoms with E-state index in [0.717, 1.165) is 63.1 Å². The summed E-state index contributed by atoms with van der Waals surface area (Å²) in [5.41, 5.74) is 0.135. The Morgan fingerprint density at radius 1 is 1.22 bits per heavy atom. The minimum Gasteiger partial charge on any atom is -0.320 e. The minimum atomic E-state index is -4.86. The summed E-state index contributed by atoms with van der Waals surface area (Å²) in [5, 5.41) is 15.2. The van der Waals surface area contributed by atoms with Crippen LogP contribution in [0.25, 0.3) is 0 Å².